The summed E-state index contributed by atoms with van der Waals surface area (Å²) in [5.41, 5.74) is 2.41. The number of hydrogen-bond acceptors (Lipinski definition) is 4. The van der Waals surface area contributed by atoms with Crippen molar-refractivity contribution in [1.82, 2.24) is 0 Å². The fourth-order valence-corrected chi connectivity index (χ4v) is 4.43. The molecule has 1 heterocycles. The molecule has 0 radical (unpaired) electrons. The number of piperazine rings is 1. The Balaban J connectivity index is 1.82. The van der Waals surface area contributed by atoms with E-state index < -0.39 is 0 Å². The van der Waals surface area contributed by atoms with E-state index in [1.165, 1.54) is 25.3 Å². The number of methoxy groups -OCH3 is 2. The number of nitrogens with zero attached hydrogens (tertiary/aromatic N) is 2. The molecule has 3 rings (SSSR count). The van der Waals surface area contributed by atoms with Gasteiger partial charge in [-0.1, -0.05) is 60.7 Å². The van der Waals surface area contributed by atoms with Crippen LogP contribution in [-0.2, 0) is 32.2 Å². The average Bonchev–Trinajstić information content (AvgIpc) is 2.77. The van der Waals surface area contributed by atoms with Gasteiger partial charge < -0.3 is 18.4 Å². The third-order valence-corrected chi connectivity index (χ3v) is 6.20. The molecule has 2 aromatic carbocycles. The van der Waals surface area contributed by atoms with Crippen LogP contribution < -0.4 is 0 Å². The molecule has 0 spiro atoms. The van der Waals surface area contributed by atoms with Crippen molar-refractivity contribution in [1.29, 1.82) is 0 Å². The van der Waals surface area contributed by atoms with Crippen LogP contribution in [0.2, 0.25) is 0 Å². The molecule has 6 nitrogen and oxygen atoms in total. The smallest absolute Gasteiger partial charge is 0.361 e. The first-order chi connectivity index (χ1) is 14.5. The van der Waals surface area contributed by atoms with Crippen LogP contribution in [0.4, 0.5) is 0 Å². The summed E-state index contributed by atoms with van der Waals surface area (Å²) in [6.07, 6.45) is 0. The average molecular weight is 413 g/mol. The minimum Gasteiger partial charge on any atom is -0.465 e. The molecule has 0 aliphatic carbocycles. The summed E-state index contributed by atoms with van der Waals surface area (Å²) >= 11 is 0. The summed E-state index contributed by atoms with van der Waals surface area (Å²) in [6.45, 7) is 5.44. The summed E-state index contributed by atoms with van der Waals surface area (Å²) in [7, 11) is 2.89. The van der Waals surface area contributed by atoms with Crippen molar-refractivity contribution in [2.24, 2.45) is 0 Å². The molecule has 160 valence electrons. The van der Waals surface area contributed by atoms with Crippen molar-refractivity contribution in [3.8, 4) is 0 Å². The van der Waals surface area contributed by atoms with Crippen LogP contribution in [0.25, 0.3) is 0 Å². The Hall–Kier alpha value is -2.70. The third kappa shape index (κ3) is 5.68. The predicted molar refractivity (Wildman–Crippen MR) is 114 cm³/mol. The van der Waals surface area contributed by atoms with Gasteiger partial charge in [-0.25, -0.2) is 9.59 Å². The predicted octanol–water partition coefficient (Wildman–Crippen LogP) is 2.38. The van der Waals surface area contributed by atoms with Crippen molar-refractivity contribution in [3.05, 3.63) is 71.8 Å². The molecular weight excluding hydrogens is 380 g/mol. The Kier molecular flexibility index (Phi) is 7.24. The second kappa shape index (κ2) is 9.87. The Morgan fingerprint density at radius 2 is 1.00 bits per heavy atom. The summed E-state index contributed by atoms with van der Waals surface area (Å²) in [4.78, 5) is 24.5. The number of carbonyl (C=O) groups excluding carboxylic acids is 2. The molecule has 6 heteroatoms. The highest BCUT2D eigenvalue weighted by molar-refractivity contribution is 5.70. The lowest BCUT2D eigenvalue weighted by Crippen LogP contribution is -2.68. The SMILES string of the molecule is COC(=O)C[N+]1(Cc2ccccc2)CC[N+](CC(=O)OC)(Cc2ccccc2)CC1. The van der Waals surface area contributed by atoms with Crippen molar-refractivity contribution in [3.63, 3.8) is 0 Å². The lowest BCUT2D eigenvalue weighted by molar-refractivity contribution is -1.04. The Morgan fingerprint density at radius 1 is 0.667 bits per heavy atom. The van der Waals surface area contributed by atoms with E-state index in [4.69, 9.17) is 9.47 Å². The van der Waals surface area contributed by atoms with Crippen LogP contribution in [0.3, 0.4) is 0 Å². The number of benzene rings is 2. The number of hydrogen-bond donors (Lipinski definition) is 0. The Labute approximate surface area is 178 Å². The van der Waals surface area contributed by atoms with Crippen LogP contribution >= 0.6 is 0 Å². The summed E-state index contributed by atoms with van der Waals surface area (Å²) < 4.78 is 11.3. The minimum atomic E-state index is -0.193. The highest BCUT2D eigenvalue weighted by atomic mass is 16.5. The Morgan fingerprint density at radius 3 is 1.30 bits per heavy atom. The van der Waals surface area contributed by atoms with E-state index in [-0.39, 0.29) is 11.9 Å². The number of carbonyl (C=O) groups is 2. The van der Waals surface area contributed by atoms with Crippen LogP contribution in [0.1, 0.15) is 11.1 Å². The van der Waals surface area contributed by atoms with Crippen LogP contribution in [0.5, 0.6) is 0 Å². The molecular formula is C24H32N2O4+2. The van der Waals surface area contributed by atoms with Crippen molar-refractivity contribution in [2.45, 2.75) is 13.1 Å². The van der Waals surface area contributed by atoms with Crippen molar-refractivity contribution < 1.29 is 28.0 Å². The van der Waals surface area contributed by atoms with Crippen LogP contribution in [-0.4, -0.2) is 74.4 Å². The molecule has 1 saturated heterocycles. The molecule has 0 aromatic heterocycles. The lowest BCUT2D eigenvalue weighted by Gasteiger charge is -2.49. The fourth-order valence-electron chi connectivity index (χ4n) is 4.43. The maximum absolute atomic E-state index is 12.2. The first kappa shape index (κ1) is 22.0. The third-order valence-electron chi connectivity index (χ3n) is 6.20. The Bertz CT molecular complexity index is 759. The van der Waals surface area contributed by atoms with Gasteiger partial charge in [-0.15, -0.1) is 0 Å². The molecule has 30 heavy (non-hydrogen) atoms. The van der Waals surface area contributed by atoms with E-state index in [0.29, 0.717) is 22.1 Å². The van der Waals surface area contributed by atoms with Gasteiger partial charge in [0.2, 0.25) is 0 Å². The first-order valence-electron chi connectivity index (χ1n) is 10.4. The molecule has 0 unspecified atom stereocenters. The van der Waals surface area contributed by atoms with E-state index in [2.05, 4.69) is 24.3 Å². The van der Waals surface area contributed by atoms with E-state index in [9.17, 15) is 9.59 Å². The molecule has 1 fully saturated rings. The zero-order valence-electron chi connectivity index (χ0n) is 18.0. The second-order valence-corrected chi connectivity index (χ2v) is 8.33. The van der Waals surface area contributed by atoms with Gasteiger partial charge >= 0.3 is 11.9 Å². The van der Waals surface area contributed by atoms with E-state index in [1.807, 2.05) is 36.4 Å². The molecule has 0 bridgehead atoms. The number of rotatable bonds is 8. The van der Waals surface area contributed by atoms with Gasteiger partial charge in [0.05, 0.1) is 14.2 Å². The van der Waals surface area contributed by atoms with E-state index in [0.717, 1.165) is 39.3 Å². The van der Waals surface area contributed by atoms with Gasteiger partial charge in [-0.05, 0) is 0 Å². The molecule has 0 atom stereocenters. The quantitative estimate of drug-likeness (QED) is 0.494. The summed E-state index contributed by atoms with van der Waals surface area (Å²) in [5.74, 6) is -0.385. The zero-order valence-corrected chi connectivity index (χ0v) is 18.0. The zero-order chi connectivity index (χ0) is 21.5. The number of ether oxygens (including phenoxy) is 2. The standard InChI is InChI=1S/C24H32N2O4/c1-29-23(27)19-25(17-21-9-5-3-6-10-21)13-15-26(16-14-25,20-24(28)30-2)18-22-11-7-4-8-12-22/h3-12H,13-20H2,1-2H3/q+2. The van der Waals surface area contributed by atoms with Gasteiger partial charge in [-0.2, -0.15) is 0 Å². The van der Waals surface area contributed by atoms with Crippen molar-refractivity contribution in [2.75, 3.05) is 53.5 Å². The molecule has 2 aromatic rings. The first-order valence-corrected chi connectivity index (χ1v) is 10.4. The van der Waals surface area contributed by atoms with Gasteiger partial charge in [0.15, 0.2) is 13.1 Å². The maximum atomic E-state index is 12.2. The van der Waals surface area contributed by atoms with Crippen LogP contribution in [0, 0.1) is 0 Å². The fraction of sp³-hybridized carbons (Fsp3) is 0.417. The molecule has 0 N–H and O–H groups in total. The number of esters is 2. The summed E-state index contributed by atoms with van der Waals surface area (Å²) in [6, 6.07) is 20.5. The van der Waals surface area contributed by atoms with Gasteiger partial charge in [-0.3, -0.25) is 0 Å². The molecule has 1 aliphatic heterocycles. The normalized spacial score (nSPS) is 23.5. The molecule has 1 aliphatic rings. The van der Waals surface area contributed by atoms with Gasteiger partial charge in [0.1, 0.15) is 39.3 Å². The largest absolute Gasteiger partial charge is 0.465 e. The van der Waals surface area contributed by atoms with Crippen molar-refractivity contribution >= 4 is 11.9 Å². The van der Waals surface area contributed by atoms with Gasteiger partial charge in [0, 0.05) is 11.1 Å². The van der Waals surface area contributed by atoms with Crippen LogP contribution in [0.15, 0.2) is 60.7 Å². The molecule has 0 amide bonds. The van der Waals surface area contributed by atoms with E-state index in [1.54, 1.807) is 0 Å². The minimum absolute atomic E-state index is 0.193. The van der Waals surface area contributed by atoms with Gasteiger partial charge in [0.25, 0.3) is 0 Å². The topological polar surface area (TPSA) is 52.6 Å². The summed E-state index contributed by atoms with van der Waals surface area (Å²) in [5, 5.41) is 0. The lowest BCUT2D eigenvalue weighted by atomic mass is 10.1. The highest BCUT2D eigenvalue weighted by Crippen LogP contribution is 2.26. The second-order valence-electron chi connectivity index (χ2n) is 8.33. The highest BCUT2D eigenvalue weighted by Gasteiger charge is 2.45. The van der Waals surface area contributed by atoms with E-state index >= 15 is 0 Å². The monoisotopic (exact) mass is 412 g/mol. The number of quaternary nitrogens is 2. The maximum Gasteiger partial charge on any atom is 0.361 e. The molecule has 0 saturated carbocycles.